The molecule has 1 unspecified atom stereocenters. The summed E-state index contributed by atoms with van der Waals surface area (Å²) < 4.78 is 0. The van der Waals surface area contributed by atoms with Crippen molar-refractivity contribution < 1.29 is 9.80 Å². The maximum absolute atomic E-state index is 2.35. The summed E-state index contributed by atoms with van der Waals surface area (Å²) in [6.07, 6.45) is 0. The zero-order valence-electron chi connectivity index (χ0n) is 14.2. The Morgan fingerprint density at radius 3 is 2.00 bits per heavy atom. The van der Waals surface area contributed by atoms with E-state index in [0.717, 1.165) is 6.54 Å². The highest BCUT2D eigenvalue weighted by Crippen LogP contribution is 2.12. The number of hydrogen-bond donors (Lipinski definition) is 2. The van der Waals surface area contributed by atoms with Crippen LogP contribution in [0.1, 0.15) is 24.0 Å². The van der Waals surface area contributed by atoms with Crippen LogP contribution in [0, 0.1) is 0 Å². The van der Waals surface area contributed by atoms with Crippen LogP contribution in [0.15, 0.2) is 60.7 Å². The van der Waals surface area contributed by atoms with Gasteiger partial charge in [-0.3, -0.25) is 0 Å². The van der Waals surface area contributed by atoms with Gasteiger partial charge in [-0.05, 0) is 5.56 Å². The van der Waals surface area contributed by atoms with Crippen LogP contribution in [-0.4, -0.2) is 33.7 Å². The molecule has 0 spiro atoms. The second-order valence-corrected chi connectivity index (χ2v) is 6.64. The van der Waals surface area contributed by atoms with Gasteiger partial charge in [-0.2, -0.15) is 0 Å². The highest BCUT2D eigenvalue weighted by molar-refractivity contribution is 5.18. The van der Waals surface area contributed by atoms with E-state index in [0.29, 0.717) is 5.92 Å². The maximum Gasteiger partial charge on any atom is 0.127 e. The Hall–Kier alpha value is -1.64. The fourth-order valence-electron chi connectivity index (χ4n) is 2.91. The number of hydrogen-bond acceptors (Lipinski definition) is 0. The normalized spacial score (nSPS) is 14.0. The van der Waals surface area contributed by atoms with E-state index in [-0.39, 0.29) is 0 Å². The average molecular weight is 298 g/mol. The van der Waals surface area contributed by atoms with Crippen molar-refractivity contribution in [3.8, 4) is 0 Å². The third-order valence-electron chi connectivity index (χ3n) is 4.24. The predicted molar refractivity (Wildman–Crippen MR) is 93.4 cm³/mol. The van der Waals surface area contributed by atoms with E-state index in [1.54, 1.807) is 4.90 Å². The van der Waals surface area contributed by atoms with E-state index >= 15 is 0 Å². The van der Waals surface area contributed by atoms with Crippen molar-refractivity contribution >= 4 is 0 Å². The molecule has 2 nitrogen and oxygen atoms in total. The lowest BCUT2D eigenvalue weighted by atomic mass is 10.0. The molecule has 0 saturated carbocycles. The Kier molecular flexibility index (Phi) is 6.63. The molecule has 0 radical (unpaired) electrons. The van der Waals surface area contributed by atoms with Gasteiger partial charge in [-0.15, -0.1) is 0 Å². The second kappa shape index (κ2) is 8.72. The van der Waals surface area contributed by atoms with Crippen molar-refractivity contribution in [3.63, 3.8) is 0 Å². The van der Waals surface area contributed by atoms with Crippen molar-refractivity contribution in [2.75, 3.05) is 33.7 Å². The zero-order chi connectivity index (χ0) is 15.8. The van der Waals surface area contributed by atoms with Crippen molar-refractivity contribution in [1.82, 2.24) is 0 Å². The smallest absolute Gasteiger partial charge is 0.127 e. The molecule has 0 aliphatic heterocycles. The summed E-state index contributed by atoms with van der Waals surface area (Å²) in [6.45, 7) is 7.08. The van der Waals surface area contributed by atoms with E-state index in [2.05, 4.69) is 81.7 Å². The van der Waals surface area contributed by atoms with Gasteiger partial charge in [-0.25, -0.2) is 0 Å². The first kappa shape index (κ1) is 16.7. The molecular weight excluding hydrogens is 268 g/mol. The molecule has 0 saturated heterocycles. The lowest BCUT2D eigenvalue weighted by Gasteiger charge is -2.24. The number of quaternary nitrogens is 2. The van der Waals surface area contributed by atoms with Crippen LogP contribution >= 0.6 is 0 Å². The van der Waals surface area contributed by atoms with Gasteiger partial charge in [0.1, 0.15) is 19.6 Å². The van der Waals surface area contributed by atoms with Crippen molar-refractivity contribution in [2.45, 2.75) is 19.4 Å². The number of nitrogens with one attached hydrogen (secondary N) is 2. The minimum atomic E-state index is 0.595. The SMILES string of the molecule is C[C@H](C[NH+](CC[NH+](C)C)Cc1ccccc1)c1ccccc1. The Morgan fingerprint density at radius 2 is 1.41 bits per heavy atom. The molecule has 118 valence electrons. The van der Waals surface area contributed by atoms with Crippen LogP contribution < -0.4 is 9.80 Å². The molecule has 0 aromatic heterocycles. The Morgan fingerprint density at radius 1 is 0.818 bits per heavy atom. The van der Waals surface area contributed by atoms with Crippen molar-refractivity contribution in [3.05, 3.63) is 71.8 Å². The van der Waals surface area contributed by atoms with Gasteiger partial charge < -0.3 is 9.80 Å². The van der Waals surface area contributed by atoms with Crippen LogP contribution in [-0.2, 0) is 6.54 Å². The average Bonchev–Trinajstić information content (AvgIpc) is 2.54. The van der Waals surface area contributed by atoms with Gasteiger partial charge in [0.05, 0.1) is 20.6 Å². The number of likely N-dealkylation sites (N-methyl/N-ethyl adjacent to an activating group) is 1. The largest absolute Gasteiger partial charge is 0.335 e. The van der Waals surface area contributed by atoms with Gasteiger partial charge in [-0.1, -0.05) is 67.6 Å². The quantitative estimate of drug-likeness (QED) is 0.720. The molecule has 2 aromatic carbocycles. The van der Waals surface area contributed by atoms with Crippen molar-refractivity contribution in [1.29, 1.82) is 0 Å². The van der Waals surface area contributed by atoms with E-state index in [4.69, 9.17) is 0 Å². The molecule has 2 aromatic rings. The van der Waals surface area contributed by atoms with Gasteiger partial charge >= 0.3 is 0 Å². The highest BCUT2D eigenvalue weighted by Gasteiger charge is 2.16. The first-order chi connectivity index (χ1) is 10.6. The van der Waals surface area contributed by atoms with Crippen molar-refractivity contribution in [2.24, 2.45) is 0 Å². The van der Waals surface area contributed by atoms with Gasteiger partial charge in [0.25, 0.3) is 0 Å². The third-order valence-corrected chi connectivity index (χ3v) is 4.24. The highest BCUT2D eigenvalue weighted by atomic mass is 15.2. The summed E-state index contributed by atoms with van der Waals surface area (Å²) in [5.74, 6) is 0.595. The summed E-state index contributed by atoms with van der Waals surface area (Å²) in [5, 5.41) is 0. The van der Waals surface area contributed by atoms with E-state index in [1.165, 1.54) is 35.7 Å². The fourth-order valence-corrected chi connectivity index (χ4v) is 2.91. The van der Waals surface area contributed by atoms with E-state index in [9.17, 15) is 0 Å². The van der Waals surface area contributed by atoms with Gasteiger partial charge in [0, 0.05) is 11.5 Å². The monoisotopic (exact) mass is 298 g/mol. The van der Waals surface area contributed by atoms with Gasteiger partial charge in [0.15, 0.2) is 0 Å². The molecule has 2 atom stereocenters. The summed E-state index contributed by atoms with van der Waals surface area (Å²) >= 11 is 0. The van der Waals surface area contributed by atoms with Crippen LogP contribution in [0.5, 0.6) is 0 Å². The summed E-state index contributed by atoms with van der Waals surface area (Å²) in [5.41, 5.74) is 2.89. The predicted octanol–water partition coefficient (Wildman–Crippen LogP) is 1.02. The molecule has 0 bridgehead atoms. The zero-order valence-corrected chi connectivity index (χ0v) is 14.2. The number of rotatable bonds is 8. The minimum Gasteiger partial charge on any atom is -0.335 e. The number of benzene rings is 2. The molecule has 0 fully saturated rings. The van der Waals surface area contributed by atoms with E-state index in [1.807, 2.05) is 0 Å². The molecule has 2 N–H and O–H groups in total. The molecule has 22 heavy (non-hydrogen) atoms. The molecule has 0 aliphatic carbocycles. The van der Waals surface area contributed by atoms with Crippen LogP contribution in [0.25, 0.3) is 0 Å². The molecule has 0 amide bonds. The molecular formula is C20H30N2+2. The topological polar surface area (TPSA) is 8.88 Å². The summed E-state index contributed by atoms with van der Waals surface area (Å²) in [6, 6.07) is 21.8. The van der Waals surface area contributed by atoms with Crippen LogP contribution in [0.3, 0.4) is 0 Å². The molecule has 0 aliphatic rings. The van der Waals surface area contributed by atoms with E-state index < -0.39 is 0 Å². The first-order valence-corrected chi connectivity index (χ1v) is 8.36. The lowest BCUT2D eigenvalue weighted by Crippen LogP contribution is -3.17. The molecule has 0 heterocycles. The van der Waals surface area contributed by atoms with Crippen LogP contribution in [0.4, 0.5) is 0 Å². The summed E-state index contributed by atoms with van der Waals surface area (Å²) in [4.78, 5) is 3.20. The molecule has 2 heteroatoms. The Balaban J connectivity index is 2.00. The third kappa shape index (κ3) is 5.63. The fraction of sp³-hybridized carbons (Fsp3) is 0.400. The summed E-state index contributed by atoms with van der Waals surface area (Å²) in [7, 11) is 4.47. The van der Waals surface area contributed by atoms with Gasteiger partial charge in [0.2, 0.25) is 0 Å². The first-order valence-electron chi connectivity index (χ1n) is 8.36. The minimum absolute atomic E-state index is 0.595. The Labute approximate surface area is 135 Å². The maximum atomic E-state index is 2.35. The lowest BCUT2D eigenvalue weighted by molar-refractivity contribution is -0.951. The molecule has 2 rings (SSSR count). The van der Waals surface area contributed by atoms with Crippen LogP contribution in [0.2, 0.25) is 0 Å². The Bertz CT molecular complexity index is 522. The second-order valence-electron chi connectivity index (χ2n) is 6.64. The standard InChI is InChI=1S/C20H28N2/c1-18(20-12-8-5-9-13-20)16-22(15-14-21(2)3)17-19-10-6-4-7-11-19/h4-13,18H,14-17H2,1-3H3/p+2/t18-/m1/s1.